The number of para-hydroxylation sites is 2. The molecule has 4 heteroatoms. The average Bonchev–Trinajstić information content (AvgIpc) is 2.95. The van der Waals surface area contributed by atoms with Crippen LogP contribution in [0.15, 0.2) is 48.5 Å². The van der Waals surface area contributed by atoms with E-state index in [2.05, 4.69) is 42.7 Å². The molecule has 0 aliphatic rings. The lowest BCUT2D eigenvalue weighted by Crippen LogP contribution is -2.15. The van der Waals surface area contributed by atoms with Crippen LogP contribution in [0.5, 0.6) is 0 Å². The minimum atomic E-state index is 0.444. The molecule has 1 heterocycles. The van der Waals surface area contributed by atoms with Crippen LogP contribution in [0.2, 0.25) is 0 Å². The predicted octanol–water partition coefficient (Wildman–Crippen LogP) is 4.62. The van der Waals surface area contributed by atoms with E-state index in [1.807, 2.05) is 24.3 Å². The summed E-state index contributed by atoms with van der Waals surface area (Å²) in [6.45, 7) is 5.18. The van der Waals surface area contributed by atoms with Gasteiger partial charge in [0.1, 0.15) is 10.8 Å². The van der Waals surface area contributed by atoms with Crippen LogP contribution in [0, 0.1) is 0 Å². The Hall–Kier alpha value is -2.20. The second-order valence-electron chi connectivity index (χ2n) is 6.08. The normalized spacial score (nSPS) is 11.3. The van der Waals surface area contributed by atoms with Crippen LogP contribution in [0.25, 0.3) is 11.0 Å². The molecule has 124 valence electrons. The smallest absolute Gasteiger partial charge is 0.113 e. The van der Waals surface area contributed by atoms with Crippen molar-refractivity contribution in [1.82, 2.24) is 9.55 Å². The van der Waals surface area contributed by atoms with Crippen molar-refractivity contribution in [3.63, 3.8) is 0 Å². The molecule has 3 nitrogen and oxygen atoms in total. The Morgan fingerprint density at radius 3 is 2.46 bits per heavy atom. The molecule has 1 aromatic heterocycles. The van der Waals surface area contributed by atoms with Gasteiger partial charge in [-0.05, 0) is 30.5 Å². The SMILES string of the molecule is CCC(CC)c1nc2ccccc2n1Cc1ccccc1C(N)=S. The average molecular weight is 337 g/mol. The van der Waals surface area contributed by atoms with E-state index in [-0.39, 0.29) is 0 Å². The van der Waals surface area contributed by atoms with Gasteiger partial charge < -0.3 is 10.3 Å². The number of nitrogens with zero attached hydrogens (tertiary/aromatic N) is 2. The molecule has 2 N–H and O–H groups in total. The van der Waals surface area contributed by atoms with Crippen molar-refractivity contribution in [2.24, 2.45) is 5.73 Å². The van der Waals surface area contributed by atoms with Gasteiger partial charge in [0.05, 0.1) is 17.6 Å². The first-order valence-corrected chi connectivity index (χ1v) is 8.89. The van der Waals surface area contributed by atoms with E-state index in [1.54, 1.807) is 0 Å². The monoisotopic (exact) mass is 337 g/mol. The summed E-state index contributed by atoms with van der Waals surface area (Å²) in [5.41, 5.74) is 10.2. The summed E-state index contributed by atoms with van der Waals surface area (Å²) in [6, 6.07) is 16.4. The van der Waals surface area contributed by atoms with E-state index in [0.29, 0.717) is 10.9 Å². The van der Waals surface area contributed by atoms with Crippen LogP contribution >= 0.6 is 12.2 Å². The molecule has 3 aromatic rings. The van der Waals surface area contributed by atoms with E-state index >= 15 is 0 Å². The standard InChI is InChI=1S/C20H23N3S/c1-3-14(4-2)20-22-17-11-7-8-12-18(17)23(20)13-15-9-5-6-10-16(15)19(21)24/h5-12,14H,3-4,13H2,1-2H3,(H2,21,24). The number of aromatic nitrogens is 2. The molecule has 0 saturated heterocycles. The minimum absolute atomic E-state index is 0.444. The zero-order chi connectivity index (χ0) is 17.1. The van der Waals surface area contributed by atoms with Gasteiger partial charge in [0.15, 0.2) is 0 Å². The molecule has 24 heavy (non-hydrogen) atoms. The fourth-order valence-corrected chi connectivity index (χ4v) is 3.49. The number of fused-ring (bicyclic) bond motifs is 1. The van der Waals surface area contributed by atoms with E-state index in [1.165, 1.54) is 0 Å². The second kappa shape index (κ2) is 7.14. The number of hydrogen-bond donors (Lipinski definition) is 1. The van der Waals surface area contributed by atoms with Crippen LogP contribution in [0.3, 0.4) is 0 Å². The molecule has 0 unspecified atom stereocenters. The highest BCUT2D eigenvalue weighted by atomic mass is 32.1. The van der Waals surface area contributed by atoms with E-state index in [9.17, 15) is 0 Å². The van der Waals surface area contributed by atoms with Crippen molar-refractivity contribution in [3.8, 4) is 0 Å². The Morgan fingerprint density at radius 1 is 1.08 bits per heavy atom. The molecule has 0 aliphatic heterocycles. The fourth-order valence-electron chi connectivity index (χ4n) is 3.29. The number of hydrogen-bond acceptors (Lipinski definition) is 2. The lowest BCUT2D eigenvalue weighted by Gasteiger charge is -2.17. The van der Waals surface area contributed by atoms with Gasteiger partial charge >= 0.3 is 0 Å². The highest BCUT2D eigenvalue weighted by molar-refractivity contribution is 7.80. The first-order chi connectivity index (χ1) is 11.7. The third kappa shape index (κ3) is 3.06. The van der Waals surface area contributed by atoms with Crippen LogP contribution < -0.4 is 5.73 Å². The maximum Gasteiger partial charge on any atom is 0.113 e. The summed E-state index contributed by atoms with van der Waals surface area (Å²) in [5.74, 6) is 1.60. The molecular formula is C20H23N3S. The van der Waals surface area contributed by atoms with Crippen molar-refractivity contribution in [1.29, 1.82) is 0 Å². The van der Waals surface area contributed by atoms with Crippen molar-refractivity contribution < 1.29 is 0 Å². The Bertz CT molecular complexity index is 862. The summed E-state index contributed by atoms with van der Waals surface area (Å²) in [4.78, 5) is 5.37. The zero-order valence-corrected chi connectivity index (χ0v) is 15.0. The molecular weight excluding hydrogens is 314 g/mol. The van der Waals surface area contributed by atoms with Crippen LogP contribution in [0.4, 0.5) is 0 Å². The molecule has 3 rings (SSSR count). The fraction of sp³-hybridized carbons (Fsp3) is 0.300. The first kappa shape index (κ1) is 16.7. The summed E-state index contributed by atoms with van der Waals surface area (Å²) in [5, 5.41) is 0. The van der Waals surface area contributed by atoms with Gasteiger partial charge in [-0.25, -0.2) is 4.98 Å². The van der Waals surface area contributed by atoms with Gasteiger partial charge in [-0.3, -0.25) is 0 Å². The van der Waals surface area contributed by atoms with Crippen molar-refractivity contribution in [2.75, 3.05) is 0 Å². The number of imidazole rings is 1. The van der Waals surface area contributed by atoms with Gasteiger partial charge in [-0.1, -0.05) is 62.5 Å². The van der Waals surface area contributed by atoms with Gasteiger partial charge in [-0.15, -0.1) is 0 Å². The Labute approximate surface area is 148 Å². The molecule has 0 spiro atoms. The molecule has 0 fully saturated rings. The van der Waals surface area contributed by atoms with E-state index in [0.717, 1.165) is 47.4 Å². The maximum atomic E-state index is 5.91. The quantitative estimate of drug-likeness (QED) is 0.667. The van der Waals surface area contributed by atoms with Crippen LogP contribution in [-0.4, -0.2) is 14.5 Å². The summed E-state index contributed by atoms with van der Waals surface area (Å²) < 4.78 is 2.32. The molecule has 0 atom stereocenters. The highest BCUT2D eigenvalue weighted by Gasteiger charge is 2.18. The summed E-state index contributed by atoms with van der Waals surface area (Å²) in [7, 11) is 0. The Kier molecular flexibility index (Phi) is 4.95. The van der Waals surface area contributed by atoms with Crippen molar-refractivity contribution in [2.45, 2.75) is 39.2 Å². The summed E-state index contributed by atoms with van der Waals surface area (Å²) in [6.07, 6.45) is 2.16. The zero-order valence-electron chi connectivity index (χ0n) is 14.2. The van der Waals surface area contributed by atoms with E-state index in [4.69, 9.17) is 22.9 Å². The Morgan fingerprint density at radius 2 is 1.75 bits per heavy atom. The molecule has 0 saturated carbocycles. The topological polar surface area (TPSA) is 43.8 Å². The van der Waals surface area contributed by atoms with Crippen LogP contribution in [-0.2, 0) is 6.54 Å². The molecule has 0 bridgehead atoms. The lowest BCUT2D eigenvalue weighted by molar-refractivity contribution is 0.570. The van der Waals surface area contributed by atoms with E-state index < -0.39 is 0 Å². The third-order valence-electron chi connectivity index (χ3n) is 4.65. The van der Waals surface area contributed by atoms with Gasteiger partial charge in [-0.2, -0.15) is 0 Å². The number of thiocarbonyl (C=S) groups is 1. The molecule has 0 radical (unpaired) electrons. The predicted molar refractivity (Wildman–Crippen MR) is 104 cm³/mol. The number of benzene rings is 2. The van der Waals surface area contributed by atoms with Gasteiger partial charge in [0.25, 0.3) is 0 Å². The lowest BCUT2D eigenvalue weighted by atomic mass is 10.0. The van der Waals surface area contributed by atoms with Gasteiger partial charge in [0, 0.05) is 11.5 Å². The van der Waals surface area contributed by atoms with Crippen LogP contribution in [0.1, 0.15) is 49.6 Å². The van der Waals surface area contributed by atoms with Crippen molar-refractivity contribution >= 4 is 28.2 Å². The first-order valence-electron chi connectivity index (χ1n) is 8.48. The third-order valence-corrected chi connectivity index (χ3v) is 4.87. The second-order valence-corrected chi connectivity index (χ2v) is 6.52. The molecule has 0 aliphatic carbocycles. The molecule has 2 aromatic carbocycles. The largest absolute Gasteiger partial charge is 0.389 e. The Balaban J connectivity index is 2.15. The minimum Gasteiger partial charge on any atom is -0.389 e. The van der Waals surface area contributed by atoms with Crippen molar-refractivity contribution in [3.05, 3.63) is 65.5 Å². The van der Waals surface area contributed by atoms with Gasteiger partial charge in [0.2, 0.25) is 0 Å². The maximum absolute atomic E-state index is 5.91. The molecule has 0 amide bonds. The number of rotatable bonds is 6. The highest BCUT2D eigenvalue weighted by Crippen LogP contribution is 2.28. The number of nitrogens with two attached hydrogens (primary N) is 1. The summed E-state index contributed by atoms with van der Waals surface area (Å²) >= 11 is 5.22.